The number of aromatic nitrogens is 2. The molecule has 0 fully saturated rings. The van der Waals surface area contributed by atoms with E-state index in [0.29, 0.717) is 18.0 Å². The van der Waals surface area contributed by atoms with Gasteiger partial charge in [0, 0.05) is 6.54 Å². The van der Waals surface area contributed by atoms with Gasteiger partial charge in [0.05, 0.1) is 11.8 Å². The van der Waals surface area contributed by atoms with Crippen molar-refractivity contribution < 1.29 is 9.84 Å². The lowest BCUT2D eigenvalue weighted by Crippen LogP contribution is -2.31. The highest BCUT2D eigenvalue weighted by Crippen LogP contribution is 2.23. The molecule has 108 valence electrons. The highest BCUT2D eigenvalue weighted by Gasteiger charge is 2.19. The summed E-state index contributed by atoms with van der Waals surface area (Å²) in [4.78, 5) is 8.03. The molecule has 19 heavy (non-hydrogen) atoms. The van der Waals surface area contributed by atoms with Gasteiger partial charge in [0.25, 0.3) is 0 Å². The molecule has 1 aromatic heterocycles. The molecule has 0 saturated heterocycles. The fraction of sp³-hybridized carbons (Fsp3) is 0.692. The number of rotatable bonds is 8. The third-order valence-corrected chi connectivity index (χ3v) is 2.90. The first-order valence-electron chi connectivity index (χ1n) is 6.70. The van der Waals surface area contributed by atoms with Crippen LogP contribution in [0.4, 0.5) is 11.8 Å². The Balaban J connectivity index is 2.70. The van der Waals surface area contributed by atoms with Crippen LogP contribution in [0.2, 0.25) is 0 Å². The maximum Gasteiger partial charge on any atom is 0.222 e. The van der Waals surface area contributed by atoms with Crippen molar-refractivity contribution in [2.24, 2.45) is 0 Å². The SMILES string of the molecule is CCCCNc1nc(N)ncc1OCC(C)(O)CC. The number of hydrogen-bond acceptors (Lipinski definition) is 6. The Hall–Kier alpha value is -1.56. The van der Waals surface area contributed by atoms with Crippen LogP contribution in [0.1, 0.15) is 40.0 Å². The monoisotopic (exact) mass is 268 g/mol. The quantitative estimate of drug-likeness (QED) is 0.623. The molecule has 1 heterocycles. The molecule has 6 heteroatoms. The highest BCUT2D eigenvalue weighted by molar-refractivity contribution is 5.51. The molecule has 1 aromatic rings. The largest absolute Gasteiger partial charge is 0.485 e. The van der Waals surface area contributed by atoms with Crippen molar-refractivity contribution in [3.63, 3.8) is 0 Å². The van der Waals surface area contributed by atoms with Crippen molar-refractivity contribution in [2.45, 2.75) is 45.6 Å². The van der Waals surface area contributed by atoms with Crippen LogP contribution in [-0.4, -0.2) is 33.8 Å². The van der Waals surface area contributed by atoms with Gasteiger partial charge in [-0.1, -0.05) is 20.3 Å². The van der Waals surface area contributed by atoms with Crippen LogP contribution in [0, 0.1) is 0 Å². The van der Waals surface area contributed by atoms with E-state index in [1.165, 1.54) is 6.20 Å². The normalized spacial score (nSPS) is 13.9. The van der Waals surface area contributed by atoms with Crippen LogP contribution in [-0.2, 0) is 0 Å². The fourth-order valence-corrected chi connectivity index (χ4v) is 1.34. The number of nitrogens with zero attached hydrogens (tertiary/aromatic N) is 2. The Morgan fingerprint density at radius 1 is 1.47 bits per heavy atom. The van der Waals surface area contributed by atoms with E-state index in [1.54, 1.807) is 6.92 Å². The van der Waals surface area contributed by atoms with Crippen molar-refractivity contribution in [3.8, 4) is 5.75 Å². The fourth-order valence-electron chi connectivity index (χ4n) is 1.34. The first-order valence-corrected chi connectivity index (χ1v) is 6.70. The maximum atomic E-state index is 9.93. The van der Waals surface area contributed by atoms with Gasteiger partial charge in [-0.15, -0.1) is 0 Å². The average molecular weight is 268 g/mol. The van der Waals surface area contributed by atoms with Crippen molar-refractivity contribution in [1.29, 1.82) is 0 Å². The molecule has 1 rings (SSSR count). The van der Waals surface area contributed by atoms with E-state index in [2.05, 4.69) is 22.2 Å². The van der Waals surface area contributed by atoms with Crippen LogP contribution in [0.5, 0.6) is 5.75 Å². The smallest absolute Gasteiger partial charge is 0.222 e. The summed E-state index contributed by atoms with van der Waals surface area (Å²) < 4.78 is 5.59. The standard InChI is InChI=1S/C13H24N4O2/c1-4-6-7-15-11-10(8-16-12(14)17-11)19-9-13(3,18)5-2/h8,18H,4-7,9H2,1-3H3,(H3,14,15,16,17). The van der Waals surface area contributed by atoms with Gasteiger partial charge in [0.2, 0.25) is 5.95 Å². The number of nitrogen functional groups attached to an aromatic ring is 1. The lowest BCUT2D eigenvalue weighted by molar-refractivity contribution is 0.00851. The summed E-state index contributed by atoms with van der Waals surface area (Å²) in [5, 5.41) is 13.1. The van der Waals surface area contributed by atoms with Gasteiger partial charge in [0.1, 0.15) is 6.61 Å². The Bertz CT molecular complexity index is 396. The number of anilines is 2. The molecule has 0 bridgehead atoms. The van der Waals surface area contributed by atoms with E-state index < -0.39 is 5.60 Å². The van der Waals surface area contributed by atoms with Crippen molar-refractivity contribution in [1.82, 2.24) is 9.97 Å². The van der Waals surface area contributed by atoms with E-state index in [1.807, 2.05) is 6.92 Å². The Morgan fingerprint density at radius 2 is 2.21 bits per heavy atom. The molecule has 0 amide bonds. The number of aliphatic hydroxyl groups is 1. The molecule has 0 aromatic carbocycles. The van der Waals surface area contributed by atoms with Gasteiger partial charge in [-0.2, -0.15) is 4.98 Å². The average Bonchev–Trinajstić information content (AvgIpc) is 2.38. The summed E-state index contributed by atoms with van der Waals surface area (Å²) in [5.74, 6) is 1.29. The van der Waals surface area contributed by atoms with Crippen molar-refractivity contribution >= 4 is 11.8 Å². The Labute approximate surface area is 114 Å². The van der Waals surface area contributed by atoms with Gasteiger partial charge in [0.15, 0.2) is 11.6 Å². The van der Waals surface area contributed by atoms with Crippen LogP contribution < -0.4 is 15.8 Å². The molecular formula is C13H24N4O2. The molecule has 0 aliphatic heterocycles. The molecule has 0 radical (unpaired) electrons. The summed E-state index contributed by atoms with van der Waals surface area (Å²) in [6, 6.07) is 0. The zero-order valence-electron chi connectivity index (χ0n) is 11.9. The zero-order chi connectivity index (χ0) is 14.3. The number of nitrogens with two attached hydrogens (primary N) is 1. The maximum absolute atomic E-state index is 9.93. The molecule has 4 N–H and O–H groups in total. The molecule has 0 saturated carbocycles. The van der Waals surface area contributed by atoms with E-state index in [9.17, 15) is 5.11 Å². The van der Waals surface area contributed by atoms with E-state index in [4.69, 9.17) is 10.5 Å². The van der Waals surface area contributed by atoms with Crippen LogP contribution in [0.3, 0.4) is 0 Å². The van der Waals surface area contributed by atoms with Crippen LogP contribution in [0.15, 0.2) is 6.20 Å². The second-order valence-corrected chi connectivity index (χ2v) is 4.86. The summed E-state index contributed by atoms with van der Waals surface area (Å²) in [6.45, 7) is 6.75. The molecule has 1 atom stereocenters. The third-order valence-electron chi connectivity index (χ3n) is 2.90. The molecule has 0 aliphatic carbocycles. The van der Waals surface area contributed by atoms with Crippen LogP contribution >= 0.6 is 0 Å². The topological polar surface area (TPSA) is 93.3 Å². The van der Waals surface area contributed by atoms with Gasteiger partial charge in [-0.25, -0.2) is 4.98 Å². The summed E-state index contributed by atoms with van der Waals surface area (Å²) in [5.41, 5.74) is 4.71. The summed E-state index contributed by atoms with van der Waals surface area (Å²) in [6.07, 6.45) is 4.27. The first-order chi connectivity index (χ1) is 8.98. The molecule has 0 aliphatic rings. The van der Waals surface area contributed by atoms with Gasteiger partial charge < -0.3 is 20.9 Å². The lowest BCUT2D eigenvalue weighted by atomic mass is 10.1. The van der Waals surface area contributed by atoms with Gasteiger partial charge in [-0.3, -0.25) is 0 Å². The Morgan fingerprint density at radius 3 is 2.84 bits per heavy atom. The minimum Gasteiger partial charge on any atom is -0.485 e. The third kappa shape index (κ3) is 5.30. The predicted molar refractivity (Wildman–Crippen MR) is 76.3 cm³/mol. The van der Waals surface area contributed by atoms with Crippen LogP contribution in [0.25, 0.3) is 0 Å². The van der Waals surface area contributed by atoms with E-state index >= 15 is 0 Å². The lowest BCUT2D eigenvalue weighted by Gasteiger charge is -2.22. The minimum absolute atomic E-state index is 0.194. The number of hydrogen-bond donors (Lipinski definition) is 3. The molecule has 1 unspecified atom stereocenters. The molecular weight excluding hydrogens is 244 g/mol. The minimum atomic E-state index is -0.859. The second kappa shape index (κ2) is 7.13. The van der Waals surface area contributed by atoms with E-state index in [0.717, 1.165) is 19.4 Å². The summed E-state index contributed by atoms with van der Waals surface area (Å²) in [7, 11) is 0. The zero-order valence-corrected chi connectivity index (χ0v) is 11.9. The van der Waals surface area contributed by atoms with Gasteiger partial charge in [-0.05, 0) is 19.8 Å². The first kappa shape index (κ1) is 15.5. The molecule has 0 spiro atoms. The Kier molecular flexibility index (Phi) is 5.82. The second-order valence-electron chi connectivity index (χ2n) is 4.86. The van der Waals surface area contributed by atoms with Crippen molar-refractivity contribution in [3.05, 3.63) is 6.20 Å². The van der Waals surface area contributed by atoms with Gasteiger partial charge >= 0.3 is 0 Å². The predicted octanol–water partition coefficient (Wildman–Crippen LogP) is 1.81. The number of unbranched alkanes of at least 4 members (excludes halogenated alkanes) is 1. The number of ether oxygens (including phenoxy) is 1. The summed E-state index contributed by atoms with van der Waals surface area (Å²) >= 11 is 0. The number of nitrogens with one attached hydrogen (secondary N) is 1. The highest BCUT2D eigenvalue weighted by atomic mass is 16.5. The van der Waals surface area contributed by atoms with Crippen molar-refractivity contribution in [2.75, 3.05) is 24.2 Å². The molecule has 6 nitrogen and oxygen atoms in total. The van der Waals surface area contributed by atoms with E-state index in [-0.39, 0.29) is 12.6 Å².